The average molecular weight is 562 g/mol. The van der Waals surface area contributed by atoms with Crippen LogP contribution in [0.3, 0.4) is 0 Å². The number of amides is 1. The summed E-state index contributed by atoms with van der Waals surface area (Å²) >= 11 is 6.62. The highest BCUT2D eigenvalue weighted by Crippen LogP contribution is 2.38. The van der Waals surface area contributed by atoms with Gasteiger partial charge >= 0.3 is 0 Å². The first-order chi connectivity index (χ1) is 18.0. The van der Waals surface area contributed by atoms with E-state index in [2.05, 4.69) is 15.3 Å². The van der Waals surface area contributed by atoms with Gasteiger partial charge in [0.25, 0.3) is 10.0 Å². The number of anilines is 2. The molecule has 1 heterocycles. The molecule has 1 unspecified atom stereocenters. The van der Waals surface area contributed by atoms with Crippen LogP contribution in [-0.2, 0) is 21.2 Å². The molecule has 0 aliphatic carbocycles. The molecular weight excluding hydrogens is 530 g/mol. The van der Waals surface area contributed by atoms with E-state index in [1.54, 1.807) is 44.3 Å². The fourth-order valence-corrected chi connectivity index (χ4v) is 5.79. The number of ether oxygens (including phenoxy) is 2. The monoisotopic (exact) mass is 561 g/mol. The average Bonchev–Trinajstić information content (AvgIpc) is 2.88. The van der Waals surface area contributed by atoms with E-state index in [-0.39, 0.29) is 27.8 Å². The molecule has 0 fully saturated rings. The van der Waals surface area contributed by atoms with Gasteiger partial charge in [0.15, 0.2) is 11.5 Å². The number of rotatable bonds is 11. The Labute approximate surface area is 228 Å². The molecule has 0 saturated heterocycles. The molecule has 0 spiro atoms. The van der Waals surface area contributed by atoms with E-state index >= 15 is 0 Å². The van der Waals surface area contributed by atoms with Crippen molar-refractivity contribution < 1.29 is 22.7 Å². The van der Waals surface area contributed by atoms with Crippen LogP contribution in [0.15, 0.2) is 53.6 Å². The number of carbonyl (C=O) groups excluding carboxylic acids is 1. The number of hydrogen-bond donors (Lipinski definition) is 1. The number of likely N-dealkylation sites (N-methyl/N-ethyl adjacent to an activating group) is 1. The van der Waals surface area contributed by atoms with Crippen LogP contribution in [0.2, 0.25) is 5.02 Å². The van der Waals surface area contributed by atoms with Gasteiger partial charge < -0.3 is 19.7 Å². The van der Waals surface area contributed by atoms with Crippen molar-refractivity contribution in [1.29, 1.82) is 0 Å². The molecule has 1 atom stereocenters. The summed E-state index contributed by atoms with van der Waals surface area (Å²) < 4.78 is 40.5. The first kappa shape index (κ1) is 29.0. The Bertz CT molecular complexity index is 1400. The summed E-state index contributed by atoms with van der Waals surface area (Å²) in [5.74, 6) is 0.586. The largest absolute Gasteiger partial charge is 0.493 e. The molecule has 0 aliphatic rings. The van der Waals surface area contributed by atoms with Gasteiger partial charge in [-0.25, -0.2) is 18.4 Å². The summed E-state index contributed by atoms with van der Waals surface area (Å²) in [4.78, 5) is 23.8. The van der Waals surface area contributed by atoms with Crippen LogP contribution in [0, 0.1) is 6.92 Å². The van der Waals surface area contributed by atoms with E-state index in [0.29, 0.717) is 29.5 Å². The molecule has 0 radical (unpaired) electrons. The van der Waals surface area contributed by atoms with Crippen LogP contribution < -0.4 is 24.0 Å². The third-order valence-corrected chi connectivity index (χ3v) is 7.91. The fraction of sp³-hybridized carbons (Fsp3) is 0.346. The Morgan fingerprint density at radius 3 is 2.39 bits per heavy atom. The van der Waals surface area contributed by atoms with Crippen LogP contribution in [0.5, 0.6) is 11.5 Å². The zero-order valence-electron chi connectivity index (χ0n) is 22.2. The second-order valence-corrected chi connectivity index (χ2v) is 10.8. The smallest absolute Gasteiger partial charge is 0.265 e. The molecule has 12 heteroatoms. The van der Waals surface area contributed by atoms with Gasteiger partial charge in [-0.1, -0.05) is 11.6 Å². The number of halogens is 1. The number of aromatic nitrogens is 2. The number of methoxy groups -OCH3 is 2. The summed E-state index contributed by atoms with van der Waals surface area (Å²) in [7, 11) is 2.14. The summed E-state index contributed by atoms with van der Waals surface area (Å²) in [6.45, 7) is 3.78. The summed E-state index contributed by atoms with van der Waals surface area (Å²) in [5, 5.41) is 2.93. The van der Waals surface area contributed by atoms with Gasteiger partial charge in [0.1, 0.15) is 11.9 Å². The lowest BCUT2D eigenvalue weighted by Crippen LogP contribution is -2.51. The van der Waals surface area contributed by atoms with Crippen molar-refractivity contribution in [3.05, 3.63) is 65.2 Å². The molecule has 0 bridgehead atoms. The number of hydrogen-bond acceptors (Lipinski definition) is 8. The molecule has 0 aliphatic heterocycles. The predicted molar refractivity (Wildman–Crippen MR) is 148 cm³/mol. The van der Waals surface area contributed by atoms with Crippen LogP contribution in [0.25, 0.3) is 0 Å². The molecule has 1 aromatic heterocycles. The highest BCUT2D eigenvalue weighted by Gasteiger charge is 2.38. The van der Waals surface area contributed by atoms with Crippen molar-refractivity contribution in [2.45, 2.75) is 31.2 Å². The lowest BCUT2D eigenvalue weighted by Gasteiger charge is -2.33. The Morgan fingerprint density at radius 2 is 1.79 bits per heavy atom. The third-order valence-electron chi connectivity index (χ3n) is 5.77. The first-order valence-electron chi connectivity index (χ1n) is 11.8. The van der Waals surface area contributed by atoms with E-state index in [0.717, 1.165) is 4.31 Å². The molecule has 10 nitrogen and oxygen atoms in total. The highest BCUT2D eigenvalue weighted by atomic mass is 35.5. The topological polar surface area (TPSA) is 114 Å². The van der Waals surface area contributed by atoms with E-state index in [1.807, 2.05) is 19.0 Å². The lowest BCUT2D eigenvalue weighted by molar-refractivity contribution is -0.122. The third kappa shape index (κ3) is 6.28. The maximum absolute atomic E-state index is 14.4. The van der Waals surface area contributed by atoms with Crippen molar-refractivity contribution in [1.82, 2.24) is 15.3 Å². The maximum atomic E-state index is 14.4. The van der Waals surface area contributed by atoms with Crippen molar-refractivity contribution in [3.63, 3.8) is 0 Å². The second-order valence-electron chi connectivity index (χ2n) is 8.56. The van der Waals surface area contributed by atoms with E-state index < -0.39 is 22.0 Å². The Balaban J connectivity index is 2.31. The zero-order valence-corrected chi connectivity index (χ0v) is 23.8. The van der Waals surface area contributed by atoms with Gasteiger partial charge in [-0.3, -0.25) is 9.10 Å². The minimum Gasteiger partial charge on any atom is -0.493 e. The number of aryl methyl sites for hydroxylation is 1. The minimum atomic E-state index is -4.38. The van der Waals surface area contributed by atoms with Crippen molar-refractivity contribution in [3.8, 4) is 11.5 Å². The molecule has 0 saturated carbocycles. The van der Waals surface area contributed by atoms with Gasteiger partial charge in [-0.15, -0.1) is 0 Å². The number of nitrogens with one attached hydrogen (secondary N) is 1. The molecule has 38 heavy (non-hydrogen) atoms. The Morgan fingerprint density at radius 1 is 1.08 bits per heavy atom. The molecular formula is C26H32ClN5O5S. The Hall–Kier alpha value is -3.57. The zero-order chi connectivity index (χ0) is 28.0. The Kier molecular flexibility index (Phi) is 9.40. The maximum Gasteiger partial charge on any atom is 0.265 e. The van der Waals surface area contributed by atoms with Crippen LogP contribution in [0.4, 0.5) is 11.4 Å². The van der Waals surface area contributed by atoms with E-state index in [4.69, 9.17) is 21.1 Å². The van der Waals surface area contributed by atoms with Gasteiger partial charge in [0.2, 0.25) is 5.91 Å². The van der Waals surface area contributed by atoms with Crippen molar-refractivity contribution in [2.75, 3.05) is 44.1 Å². The summed E-state index contributed by atoms with van der Waals surface area (Å²) in [5.41, 5.74) is 1.35. The van der Waals surface area contributed by atoms with E-state index in [1.165, 1.54) is 32.4 Å². The molecule has 204 valence electrons. The van der Waals surface area contributed by atoms with Crippen LogP contribution in [0.1, 0.15) is 18.4 Å². The molecule has 1 N–H and O–H groups in total. The van der Waals surface area contributed by atoms with Crippen molar-refractivity contribution >= 4 is 38.9 Å². The molecule has 3 rings (SSSR count). The standard InChI is InChI=1S/C26H32ClN5O5S/c1-7-28-26(33)23(14-18-12-13-29-17(2)30-18)32(22-15-19(31(3)4)8-10-21(22)27)38(34,35)20-9-11-24(36-5)25(16-20)37-6/h8-13,15-16,23H,7,14H2,1-6H3,(H,28,33). The minimum absolute atomic E-state index is 0.0236. The van der Waals surface area contributed by atoms with Gasteiger partial charge in [-0.2, -0.15) is 0 Å². The van der Waals surface area contributed by atoms with Gasteiger partial charge in [0, 0.05) is 50.7 Å². The summed E-state index contributed by atoms with van der Waals surface area (Å²) in [6.07, 6.45) is 1.55. The number of carbonyl (C=O) groups is 1. The highest BCUT2D eigenvalue weighted by molar-refractivity contribution is 7.93. The lowest BCUT2D eigenvalue weighted by atomic mass is 10.1. The SMILES string of the molecule is CCNC(=O)C(Cc1ccnc(C)n1)N(c1cc(N(C)C)ccc1Cl)S(=O)(=O)c1ccc(OC)c(OC)c1. The van der Waals surface area contributed by atoms with Crippen molar-refractivity contribution in [2.24, 2.45) is 0 Å². The predicted octanol–water partition coefficient (Wildman–Crippen LogP) is 3.46. The number of nitrogens with zero attached hydrogens (tertiary/aromatic N) is 4. The number of benzene rings is 2. The quantitative estimate of drug-likeness (QED) is 0.378. The fourth-order valence-electron chi connectivity index (χ4n) is 3.89. The normalized spacial score (nSPS) is 12.0. The molecule has 2 aromatic carbocycles. The van der Waals surface area contributed by atoms with Crippen LogP contribution >= 0.6 is 11.6 Å². The van der Waals surface area contributed by atoms with Gasteiger partial charge in [0.05, 0.1) is 29.8 Å². The van der Waals surface area contributed by atoms with Crippen LogP contribution in [-0.4, -0.2) is 65.2 Å². The van der Waals surface area contributed by atoms with Gasteiger partial charge in [-0.05, 0) is 50.2 Å². The number of sulfonamides is 1. The first-order valence-corrected chi connectivity index (χ1v) is 13.6. The second kappa shape index (κ2) is 12.3. The molecule has 3 aromatic rings. The summed E-state index contributed by atoms with van der Waals surface area (Å²) in [6, 6.07) is 9.69. The van der Waals surface area contributed by atoms with E-state index in [9.17, 15) is 13.2 Å². The molecule has 1 amide bonds.